The molecule has 0 saturated carbocycles. The summed E-state index contributed by atoms with van der Waals surface area (Å²) >= 11 is 0. The predicted molar refractivity (Wildman–Crippen MR) is 330 cm³/mol. The summed E-state index contributed by atoms with van der Waals surface area (Å²) in [7, 11) is 0. The van der Waals surface area contributed by atoms with E-state index < -0.39 is 347 Å². The van der Waals surface area contributed by atoms with Gasteiger partial charge in [0.05, 0.1) is 59.0 Å². The molecule has 0 bridgehead atoms. The van der Waals surface area contributed by atoms with E-state index in [9.17, 15) is 142 Å². The number of ether oxygens (including phenoxy) is 17. The standard InChI is InChI=1S/C60H101N3O45/c1-13-28(72)38(82)42(86)55(95-13)94-12-24-47(37(81)25(52(91)96-24)61-14(2)69)104-54-27(63-16(4)71)48(33(77)21(9-68)98-54)105-59-46(90)50(107-60-51(41(85)32(76)20(8-67)101-60)108-53-26(62-15(3)70)36(80)29(73)17(5-64)97-53)35(79)23(103-59)11-93-57-45(89)49(106-58-44(88)40(84)31(75)19(7-66)100-58)34(78)22(102-57)10-92-56-43(87)39(83)30(74)18(6-65)99-56/h13,17-60,64-68,72-91H,5-12H2,1-4H3,(H,61,69)(H,62,70)(H,63,71)/t13-,17+,18+,19+,20+,21+,22+,23+,24+,25+,26+,27+,28+,29+,30+,31+,32+,33+,34+,35+,36+,37+,38+,39-,40-,41-,42-,43-,44-,45-,46-,47+,48+,49-,50-,51-,52+,53-,54+,55+,56-,57-,58+,59+,60+/m0/s1. The van der Waals surface area contributed by atoms with E-state index in [1.807, 2.05) is 0 Å². The fourth-order valence-corrected chi connectivity index (χ4v) is 13.8. The van der Waals surface area contributed by atoms with Crippen molar-refractivity contribution >= 4 is 17.7 Å². The third-order valence-corrected chi connectivity index (χ3v) is 19.9. The lowest BCUT2D eigenvalue weighted by atomic mass is 9.93. The lowest BCUT2D eigenvalue weighted by Crippen LogP contribution is -2.71. The summed E-state index contributed by atoms with van der Waals surface area (Å²) < 4.78 is 100.0. The molecule has 48 heteroatoms. The summed E-state index contributed by atoms with van der Waals surface area (Å²) in [6.45, 7) is -4.19. The Kier molecular flexibility index (Phi) is 31.6. The predicted octanol–water partition coefficient (Wildman–Crippen LogP) is -19.2. The number of aliphatic hydroxyl groups excluding tert-OH is 25. The zero-order valence-corrected chi connectivity index (χ0v) is 58.0. The molecule has 3 amide bonds. The fraction of sp³-hybridized carbons (Fsp3) is 0.950. The highest BCUT2D eigenvalue weighted by atomic mass is 16.8. The average Bonchev–Trinajstić information content (AvgIpc) is 0.765. The normalized spacial score (nSPS) is 50.4. The number of carbonyl (C=O) groups excluding carboxylic acids is 3. The van der Waals surface area contributed by atoms with Crippen LogP contribution in [0.3, 0.4) is 0 Å². The molecule has 0 aliphatic carbocycles. The van der Waals surface area contributed by atoms with Gasteiger partial charge in [0.25, 0.3) is 0 Å². The Hall–Kier alpha value is -3.27. The maximum Gasteiger partial charge on any atom is 0.217 e. The van der Waals surface area contributed by atoms with Gasteiger partial charge < -0.3 is 224 Å². The second-order valence-electron chi connectivity index (χ2n) is 27.5. The second-order valence-corrected chi connectivity index (χ2v) is 27.5. The van der Waals surface area contributed by atoms with Crippen LogP contribution >= 0.6 is 0 Å². The quantitative estimate of drug-likeness (QED) is 0.0363. The Balaban J connectivity index is 1.08. The zero-order chi connectivity index (χ0) is 79.5. The molecule has 9 aliphatic heterocycles. The summed E-state index contributed by atoms with van der Waals surface area (Å²) in [4.78, 5) is 38.4. The molecule has 108 heavy (non-hydrogen) atoms. The SMILES string of the molecule is CC(=O)N[C@@H]1[C@@H](O)[C@H](O[C@H]2O[C@H](CO)[C@@H](O)[C@H](O[C@H]3O[C@H](CO[C@H]4O[C@H](CO[C@H]5O[C@H](CO)[C@@H](O)[C@H](O)[C@@H]5O)[C@@H](O)[C@H](O[C@H]5O[C@H](CO)[C@@H](O)[C@H](O)[C@@H]5O)[C@@H]4O)[C@@H](O)[C@H](O[C@H]4O[C@H](CO)[C@@H](O)[C@H](O)[C@@H]4O[C@@H]4O[C@H](CO)[C@@H](O)[C@H](O)[C@H]4NC(C)=O)[C@@H]3O)[C@H]2NC(C)=O)[C@@H](CO[C@@H]2O[C@@H](C)[C@@H](O)[C@@H](O)[C@@H]2O)O[C@H]1O. The minimum Gasteiger partial charge on any atom is -0.394 e. The van der Waals surface area contributed by atoms with Crippen molar-refractivity contribution in [3.8, 4) is 0 Å². The molecule has 0 unspecified atom stereocenters. The van der Waals surface area contributed by atoms with Crippen LogP contribution in [-0.2, 0) is 94.9 Å². The van der Waals surface area contributed by atoms with Crippen LogP contribution in [0.5, 0.6) is 0 Å². The lowest BCUT2D eigenvalue weighted by molar-refractivity contribution is -0.395. The van der Waals surface area contributed by atoms with Crippen LogP contribution in [0, 0.1) is 0 Å². The highest BCUT2D eigenvalue weighted by Crippen LogP contribution is 2.39. The number of aliphatic hydroxyl groups is 25. The van der Waals surface area contributed by atoms with Gasteiger partial charge in [-0.2, -0.15) is 0 Å². The van der Waals surface area contributed by atoms with Crippen LogP contribution in [0.4, 0.5) is 0 Å². The Morgan fingerprint density at radius 3 is 1.08 bits per heavy atom. The van der Waals surface area contributed by atoms with Crippen molar-refractivity contribution in [3.63, 3.8) is 0 Å². The Morgan fingerprint density at radius 1 is 0.259 bits per heavy atom. The molecule has 0 radical (unpaired) electrons. The first-order chi connectivity index (χ1) is 51.0. The Labute approximate surface area is 611 Å². The van der Waals surface area contributed by atoms with Gasteiger partial charge in [-0.3, -0.25) is 14.4 Å². The summed E-state index contributed by atoms with van der Waals surface area (Å²) in [5.74, 6) is -2.73. The molecule has 0 aromatic rings. The van der Waals surface area contributed by atoms with Crippen molar-refractivity contribution in [1.82, 2.24) is 16.0 Å². The van der Waals surface area contributed by atoms with Crippen molar-refractivity contribution in [2.24, 2.45) is 0 Å². The summed E-state index contributed by atoms with van der Waals surface area (Å²) in [6, 6.07) is -5.60. The minimum absolute atomic E-state index is 0.847. The molecule has 626 valence electrons. The van der Waals surface area contributed by atoms with Crippen LogP contribution in [0.25, 0.3) is 0 Å². The van der Waals surface area contributed by atoms with Crippen LogP contribution in [0.2, 0.25) is 0 Å². The molecule has 9 fully saturated rings. The van der Waals surface area contributed by atoms with Gasteiger partial charge in [0.2, 0.25) is 17.7 Å². The molecule has 48 nitrogen and oxygen atoms in total. The summed E-state index contributed by atoms with van der Waals surface area (Å²) in [5.41, 5.74) is 0. The van der Waals surface area contributed by atoms with E-state index in [-0.39, 0.29) is 0 Å². The molecule has 0 aromatic heterocycles. The minimum atomic E-state index is -2.59. The van der Waals surface area contributed by atoms with E-state index in [0.29, 0.717) is 0 Å². The van der Waals surface area contributed by atoms with Crippen molar-refractivity contribution in [3.05, 3.63) is 0 Å². The molecule has 9 heterocycles. The molecule has 45 atom stereocenters. The Bertz CT molecular complexity index is 2820. The van der Waals surface area contributed by atoms with Gasteiger partial charge in [0.1, 0.15) is 213 Å². The van der Waals surface area contributed by atoms with Crippen LogP contribution in [-0.4, -0.2) is 474 Å². The molecular weight excluding hydrogens is 1480 g/mol. The highest BCUT2D eigenvalue weighted by molar-refractivity contribution is 5.74. The summed E-state index contributed by atoms with van der Waals surface area (Å²) in [6.07, 6.45) is -86.3. The molecule has 0 spiro atoms. The fourth-order valence-electron chi connectivity index (χ4n) is 13.8. The van der Waals surface area contributed by atoms with Crippen LogP contribution in [0.15, 0.2) is 0 Å². The van der Waals surface area contributed by atoms with Gasteiger partial charge in [-0.25, -0.2) is 0 Å². The number of hydrogen-bond donors (Lipinski definition) is 28. The van der Waals surface area contributed by atoms with Gasteiger partial charge in [0.15, 0.2) is 56.6 Å². The van der Waals surface area contributed by atoms with Crippen LogP contribution in [0.1, 0.15) is 27.7 Å². The van der Waals surface area contributed by atoms with Crippen LogP contribution < -0.4 is 16.0 Å². The van der Waals surface area contributed by atoms with Gasteiger partial charge in [-0.1, -0.05) is 0 Å². The van der Waals surface area contributed by atoms with Gasteiger partial charge in [0, 0.05) is 20.8 Å². The number of hydrogen-bond acceptors (Lipinski definition) is 45. The van der Waals surface area contributed by atoms with E-state index >= 15 is 0 Å². The largest absolute Gasteiger partial charge is 0.394 e. The maximum atomic E-state index is 13.4. The van der Waals surface area contributed by atoms with Crippen molar-refractivity contribution in [2.75, 3.05) is 52.9 Å². The van der Waals surface area contributed by atoms with E-state index in [2.05, 4.69) is 16.0 Å². The third kappa shape index (κ3) is 19.5. The first-order valence-corrected chi connectivity index (χ1v) is 34.5. The first kappa shape index (κ1) is 88.7. The zero-order valence-electron chi connectivity index (χ0n) is 58.0. The number of rotatable bonds is 27. The van der Waals surface area contributed by atoms with Gasteiger partial charge in [-0.05, 0) is 6.92 Å². The first-order valence-electron chi connectivity index (χ1n) is 34.5. The number of amides is 3. The lowest BCUT2D eigenvalue weighted by Gasteiger charge is -2.51. The smallest absolute Gasteiger partial charge is 0.217 e. The molecule has 9 rings (SSSR count). The van der Waals surface area contributed by atoms with Crippen molar-refractivity contribution in [2.45, 2.75) is 304 Å². The third-order valence-electron chi connectivity index (χ3n) is 19.9. The van der Waals surface area contributed by atoms with Crippen molar-refractivity contribution < 1.29 is 223 Å². The van der Waals surface area contributed by atoms with E-state index in [1.54, 1.807) is 0 Å². The molecule has 9 aliphatic rings. The number of nitrogens with one attached hydrogen (secondary N) is 3. The maximum absolute atomic E-state index is 13.4. The second kappa shape index (κ2) is 38.5. The van der Waals surface area contributed by atoms with E-state index in [4.69, 9.17) is 80.5 Å². The molecule has 9 saturated heterocycles. The average molecular weight is 1580 g/mol. The van der Waals surface area contributed by atoms with E-state index in [1.165, 1.54) is 6.92 Å². The highest BCUT2D eigenvalue weighted by Gasteiger charge is 2.60. The van der Waals surface area contributed by atoms with E-state index in [0.717, 1.165) is 20.8 Å². The number of carbonyl (C=O) groups is 3. The molecule has 0 aromatic carbocycles. The van der Waals surface area contributed by atoms with Crippen molar-refractivity contribution in [1.29, 1.82) is 0 Å². The molecule has 28 N–H and O–H groups in total. The van der Waals surface area contributed by atoms with Gasteiger partial charge in [-0.15, -0.1) is 0 Å². The molecular formula is C60H101N3O45. The Morgan fingerprint density at radius 2 is 0.574 bits per heavy atom. The topological polar surface area (TPSA) is 750 Å². The monoisotopic (exact) mass is 1580 g/mol. The summed E-state index contributed by atoms with van der Waals surface area (Å²) in [5, 5.41) is 283. The van der Waals surface area contributed by atoms with Gasteiger partial charge >= 0.3 is 0 Å².